The van der Waals surface area contributed by atoms with Crippen molar-refractivity contribution >= 4 is 61.8 Å². The lowest BCUT2D eigenvalue weighted by Crippen LogP contribution is -2.12. The van der Waals surface area contributed by atoms with Crippen LogP contribution in [0.1, 0.15) is 10.4 Å². The number of carbonyl (C=O) groups is 1. The Morgan fingerprint density at radius 3 is 2.88 bits per heavy atom. The van der Waals surface area contributed by atoms with Crippen LogP contribution in [0.5, 0.6) is 0 Å². The fourth-order valence-electron chi connectivity index (χ4n) is 2.12. The summed E-state index contributed by atoms with van der Waals surface area (Å²) in [5.74, 6) is -0.488. The number of nitrogens with zero attached hydrogens (tertiary/aromatic N) is 4. The van der Waals surface area contributed by atoms with Gasteiger partial charge in [0.05, 0.1) is 26.5 Å². The zero-order valence-electron chi connectivity index (χ0n) is 12.4. The van der Waals surface area contributed by atoms with E-state index in [2.05, 4.69) is 15.3 Å². The van der Waals surface area contributed by atoms with Crippen molar-refractivity contribution in [1.82, 2.24) is 14.5 Å². The number of thiazole rings is 1. The summed E-state index contributed by atoms with van der Waals surface area (Å²) < 4.78 is 1.86. The quantitative estimate of drug-likeness (QED) is 0.419. The minimum absolute atomic E-state index is 0.137. The van der Waals surface area contributed by atoms with E-state index in [4.69, 9.17) is 11.6 Å². The Balaban J connectivity index is 1.95. The zero-order chi connectivity index (χ0) is 17.4. The molecule has 0 aliphatic heterocycles. The van der Waals surface area contributed by atoms with Crippen LogP contribution >= 0.6 is 34.7 Å². The Labute approximate surface area is 149 Å². The smallest absolute Gasteiger partial charge is 0.322 e. The third kappa shape index (κ3) is 2.95. The largest absolute Gasteiger partial charge is 0.345 e. The highest BCUT2D eigenvalue weighted by molar-refractivity contribution is 7.98. The lowest BCUT2D eigenvalue weighted by Gasteiger charge is -2.05. The molecule has 3 aromatic rings. The number of rotatable bonds is 4. The topological polar surface area (TPSA) is 103 Å². The van der Waals surface area contributed by atoms with E-state index in [0.29, 0.717) is 5.52 Å². The molecule has 0 aliphatic rings. The molecule has 124 valence electrons. The summed E-state index contributed by atoms with van der Waals surface area (Å²) in [5, 5.41) is 14.2. The van der Waals surface area contributed by atoms with Gasteiger partial charge in [-0.1, -0.05) is 23.4 Å². The normalized spacial score (nSPS) is 11.0. The van der Waals surface area contributed by atoms with Crippen LogP contribution in [-0.2, 0) is 7.05 Å². The standard InChI is InChI=1S/C13H10ClN5O3S2/c1-18-9-3-6(7(14)4-8(9)16-13(18)23-2)11(20)17-12-15-5-10(24-12)19(21)22/h3-5H,1-2H3,(H,15,17,20). The first-order chi connectivity index (χ1) is 11.4. The number of thioether (sulfide) groups is 1. The first-order valence-electron chi connectivity index (χ1n) is 6.52. The molecule has 1 aromatic carbocycles. The minimum Gasteiger partial charge on any atom is -0.322 e. The number of amides is 1. The summed E-state index contributed by atoms with van der Waals surface area (Å²) in [4.78, 5) is 30.8. The number of anilines is 1. The first kappa shape index (κ1) is 16.7. The summed E-state index contributed by atoms with van der Waals surface area (Å²) in [5.41, 5.74) is 1.70. The summed E-state index contributed by atoms with van der Waals surface area (Å²) in [6.07, 6.45) is 3.00. The van der Waals surface area contributed by atoms with Gasteiger partial charge in [-0.2, -0.15) is 0 Å². The van der Waals surface area contributed by atoms with Crippen LogP contribution < -0.4 is 5.32 Å². The highest BCUT2D eigenvalue weighted by atomic mass is 35.5. The molecule has 0 atom stereocenters. The Morgan fingerprint density at radius 1 is 1.50 bits per heavy atom. The molecular weight excluding hydrogens is 374 g/mol. The Hall–Kier alpha value is -2.17. The maximum atomic E-state index is 12.4. The van der Waals surface area contributed by atoms with Crippen LogP contribution in [-0.4, -0.2) is 31.6 Å². The van der Waals surface area contributed by atoms with Crippen LogP contribution in [0.15, 0.2) is 23.5 Å². The maximum absolute atomic E-state index is 12.4. The molecule has 0 spiro atoms. The van der Waals surface area contributed by atoms with Gasteiger partial charge in [0.1, 0.15) is 6.20 Å². The predicted molar refractivity (Wildman–Crippen MR) is 94.2 cm³/mol. The number of halogens is 1. The molecule has 0 saturated carbocycles. The van der Waals surface area contributed by atoms with Gasteiger partial charge in [0, 0.05) is 7.05 Å². The van der Waals surface area contributed by atoms with Crippen molar-refractivity contribution in [3.63, 3.8) is 0 Å². The number of nitro groups is 1. The molecule has 8 nitrogen and oxygen atoms in total. The summed E-state index contributed by atoms with van der Waals surface area (Å²) in [6.45, 7) is 0. The second kappa shape index (κ2) is 6.38. The van der Waals surface area contributed by atoms with Gasteiger partial charge in [-0.05, 0) is 29.7 Å². The molecule has 11 heteroatoms. The molecule has 1 amide bonds. The molecule has 0 fully saturated rings. The first-order valence-corrected chi connectivity index (χ1v) is 8.94. The van der Waals surface area contributed by atoms with Gasteiger partial charge in [-0.15, -0.1) is 0 Å². The fourth-order valence-corrected chi connectivity index (χ4v) is 3.55. The second-order valence-corrected chi connectivity index (χ2v) is 6.88. The lowest BCUT2D eigenvalue weighted by atomic mass is 10.2. The van der Waals surface area contributed by atoms with E-state index in [1.165, 1.54) is 11.8 Å². The molecule has 24 heavy (non-hydrogen) atoms. The van der Waals surface area contributed by atoms with Gasteiger partial charge >= 0.3 is 5.00 Å². The number of imidazole rings is 1. The number of fused-ring (bicyclic) bond motifs is 1. The van der Waals surface area contributed by atoms with E-state index in [1.54, 1.807) is 12.1 Å². The molecule has 0 unspecified atom stereocenters. The second-order valence-electron chi connectivity index (χ2n) is 4.69. The van der Waals surface area contributed by atoms with Crippen LogP contribution in [0.3, 0.4) is 0 Å². The molecule has 1 N–H and O–H groups in total. The van der Waals surface area contributed by atoms with E-state index in [0.717, 1.165) is 28.2 Å². The molecule has 2 heterocycles. The minimum atomic E-state index is -0.564. The number of aromatic nitrogens is 3. The van der Waals surface area contributed by atoms with Crippen molar-refractivity contribution in [2.24, 2.45) is 7.05 Å². The van der Waals surface area contributed by atoms with Crippen molar-refractivity contribution in [2.75, 3.05) is 11.6 Å². The van der Waals surface area contributed by atoms with Crippen LogP contribution in [0, 0.1) is 10.1 Å². The average molecular weight is 384 g/mol. The van der Waals surface area contributed by atoms with Crippen molar-refractivity contribution in [1.29, 1.82) is 0 Å². The van der Waals surface area contributed by atoms with E-state index < -0.39 is 10.8 Å². The Morgan fingerprint density at radius 2 is 2.25 bits per heavy atom. The SMILES string of the molecule is CSc1nc2cc(Cl)c(C(=O)Nc3ncc([N+](=O)[O-])s3)cc2n1C. The average Bonchev–Trinajstić information content (AvgIpc) is 3.11. The summed E-state index contributed by atoms with van der Waals surface area (Å²) in [7, 11) is 1.85. The third-order valence-electron chi connectivity index (χ3n) is 3.25. The van der Waals surface area contributed by atoms with Gasteiger partial charge in [0.25, 0.3) is 5.91 Å². The number of nitrogens with one attached hydrogen (secondary N) is 1. The molecule has 2 aromatic heterocycles. The monoisotopic (exact) mass is 383 g/mol. The molecule has 0 saturated heterocycles. The van der Waals surface area contributed by atoms with Crippen molar-refractivity contribution in [3.05, 3.63) is 39.0 Å². The fraction of sp³-hybridized carbons (Fsp3) is 0.154. The number of carbonyl (C=O) groups excluding carboxylic acids is 1. The van der Waals surface area contributed by atoms with E-state index in [9.17, 15) is 14.9 Å². The van der Waals surface area contributed by atoms with Gasteiger partial charge in [0.15, 0.2) is 10.3 Å². The predicted octanol–water partition coefficient (Wildman–Crippen LogP) is 3.57. The van der Waals surface area contributed by atoms with Crippen LogP contribution in [0.4, 0.5) is 10.1 Å². The van der Waals surface area contributed by atoms with Crippen LogP contribution in [0.2, 0.25) is 5.02 Å². The van der Waals surface area contributed by atoms with E-state index in [1.807, 2.05) is 17.9 Å². The van der Waals surface area contributed by atoms with E-state index in [-0.39, 0.29) is 20.7 Å². The molecule has 0 bridgehead atoms. The molecule has 3 rings (SSSR count). The zero-order valence-corrected chi connectivity index (χ0v) is 14.8. The summed E-state index contributed by atoms with van der Waals surface area (Å²) in [6, 6.07) is 3.26. The van der Waals surface area contributed by atoms with Gasteiger partial charge in [-0.25, -0.2) is 9.97 Å². The molecular formula is C13H10ClN5O3S2. The third-order valence-corrected chi connectivity index (χ3v) is 5.16. The summed E-state index contributed by atoms with van der Waals surface area (Å²) >= 11 is 8.45. The molecule has 0 aliphatic carbocycles. The van der Waals surface area contributed by atoms with E-state index >= 15 is 0 Å². The van der Waals surface area contributed by atoms with Gasteiger partial charge in [-0.3, -0.25) is 20.2 Å². The lowest BCUT2D eigenvalue weighted by molar-refractivity contribution is -0.380. The molecule has 0 radical (unpaired) electrons. The van der Waals surface area contributed by atoms with Crippen molar-refractivity contribution in [3.8, 4) is 0 Å². The Kier molecular flexibility index (Phi) is 4.43. The number of hydrogen-bond donors (Lipinski definition) is 1. The van der Waals surface area contributed by atoms with Crippen molar-refractivity contribution in [2.45, 2.75) is 5.16 Å². The highest BCUT2D eigenvalue weighted by Crippen LogP contribution is 2.29. The van der Waals surface area contributed by atoms with Gasteiger partial charge < -0.3 is 4.57 Å². The maximum Gasteiger partial charge on any atom is 0.345 e. The number of benzene rings is 1. The van der Waals surface area contributed by atoms with Gasteiger partial charge in [0.2, 0.25) is 0 Å². The Bertz CT molecular complexity index is 968. The van der Waals surface area contributed by atoms with Crippen molar-refractivity contribution < 1.29 is 9.72 Å². The van der Waals surface area contributed by atoms with Crippen LogP contribution in [0.25, 0.3) is 11.0 Å². The number of aryl methyl sites for hydroxylation is 1. The number of hydrogen-bond acceptors (Lipinski definition) is 7. The highest BCUT2D eigenvalue weighted by Gasteiger charge is 2.18.